The lowest BCUT2D eigenvalue weighted by molar-refractivity contribution is 0.564. The Bertz CT molecular complexity index is 545. The average Bonchev–Trinajstić information content (AvgIpc) is 2.41. The van der Waals surface area contributed by atoms with Crippen LogP contribution in [0.1, 0.15) is 11.1 Å². The van der Waals surface area contributed by atoms with Crippen molar-refractivity contribution in [1.82, 2.24) is 9.88 Å². The van der Waals surface area contributed by atoms with E-state index < -0.39 is 0 Å². The summed E-state index contributed by atoms with van der Waals surface area (Å²) in [5.74, 6) is 0. The van der Waals surface area contributed by atoms with Gasteiger partial charge in [0.15, 0.2) is 0 Å². The molecule has 0 N–H and O–H groups in total. The third kappa shape index (κ3) is 4.11. The van der Waals surface area contributed by atoms with E-state index >= 15 is 0 Å². The Hall–Kier alpha value is -1.80. The van der Waals surface area contributed by atoms with E-state index in [1.165, 1.54) is 16.7 Å². The molecular weight excluding hydrogens is 256 g/mol. The third-order valence-electron chi connectivity index (χ3n) is 2.77. The van der Waals surface area contributed by atoms with Gasteiger partial charge in [0.2, 0.25) is 0 Å². The van der Waals surface area contributed by atoms with Crippen LogP contribution in [0.4, 0.5) is 0 Å². The quantitative estimate of drug-likeness (QED) is 0.840. The molecule has 0 saturated heterocycles. The van der Waals surface area contributed by atoms with Crippen LogP contribution in [0, 0.1) is 0 Å². The van der Waals surface area contributed by atoms with Crippen LogP contribution in [0.25, 0.3) is 5.57 Å². The maximum Gasteiger partial charge on any atom is 0.0406 e. The maximum atomic E-state index is 5.92. The van der Waals surface area contributed by atoms with Crippen molar-refractivity contribution in [1.29, 1.82) is 0 Å². The Morgan fingerprint density at radius 1 is 1.11 bits per heavy atom. The summed E-state index contributed by atoms with van der Waals surface area (Å²) in [4.78, 5) is 6.13. The van der Waals surface area contributed by atoms with Gasteiger partial charge in [-0.05, 0) is 47.4 Å². The summed E-state index contributed by atoms with van der Waals surface area (Å²) in [6, 6.07) is 12.0. The van der Waals surface area contributed by atoms with Crippen LogP contribution < -0.4 is 0 Å². The number of rotatable bonds is 4. The first kappa shape index (κ1) is 13.6. The summed E-state index contributed by atoms with van der Waals surface area (Å²) < 4.78 is 0. The van der Waals surface area contributed by atoms with E-state index in [1.54, 1.807) is 0 Å². The number of allylic oxidation sites excluding steroid dienone is 1. The molecule has 0 aliphatic carbocycles. The summed E-state index contributed by atoms with van der Waals surface area (Å²) in [7, 11) is 4.06. The molecule has 0 fully saturated rings. The molecule has 0 aliphatic heterocycles. The largest absolute Gasteiger partial charge is 0.383 e. The molecule has 0 atom stereocenters. The highest BCUT2D eigenvalue weighted by molar-refractivity contribution is 6.30. The van der Waals surface area contributed by atoms with Crippen LogP contribution in [0.2, 0.25) is 5.02 Å². The monoisotopic (exact) mass is 272 g/mol. The molecule has 0 bridgehead atoms. The van der Waals surface area contributed by atoms with Crippen molar-refractivity contribution in [2.75, 3.05) is 14.1 Å². The Morgan fingerprint density at radius 2 is 1.74 bits per heavy atom. The molecule has 1 aromatic heterocycles. The Morgan fingerprint density at radius 3 is 2.32 bits per heavy atom. The Kier molecular flexibility index (Phi) is 4.58. The van der Waals surface area contributed by atoms with Crippen molar-refractivity contribution < 1.29 is 0 Å². The number of benzene rings is 1. The summed E-state index contributed by atoms with van der Waals surface area (Å²) in [6.45, 7) is 0. The zero-order valence-electron chi connectivity index (χ0n) is 11.2. The minimum absolute atomic E-state index is 0.769. The SMILES string of the molecule is CN(C)C=C(Cc1ccc(Cl)cc1)c1ccncc1. The number of halogens is 1. The molecule has 2 nitrogen and oxygen atoms in total. The lowest BCUT2D eigenvalue weighted by atomic mass is 10.00. The molecule has 0 aliphatic rings. The topological polar surface area (TPSA) is 16.1 Å². The molecule has 3 heteroatoms. The van der Waals surface area contributed by atoms with Crippen LogP contribution >= 0.6 is 11.6 Å². The molecule has 98 valence electrons. The second kappa shape index (κ2) is 6.39. The van der Waals surface area contributed by atoms with Crippen LogP contribution in [-0.2, 0) is 6.42 Å². The third-order valence-corrected chi connectivity index (χ3v) is 3.02. The number of aromatic nitrogens is 1. The van der Waals surface area contributed by atoms with Crippen molar-refractivity contribution in [3.63, 3.8) is 0 Å². The number of pyridine rings is 1. The van der Waals surface area contributed by atoms with Crippen molar-refractivity contribution in [2.24, 2.45) is 0 Å². The first-order valence-electron chi connectivity index (χ1n) is 6.17. The van der Waals surface area contributed by atoms with Crippen molar-refractivity contribution in [3.05, 3.63) is 71.1 Å². The van der Waals surface area contributed by atoms with E-state index in [1.807, 2.05) is 50.8 Å². The summed E-state index contributed by atoms with van der Waals surface area (Å²) in [5.41, 5.74) is 3.70. The van der Waals surface area contributed by atoms with Crippen LogP contribution in [-0.4, -0.2) is 24.0 Å². The highest BCUT2D eigenvalue weighted by Crippen LogP contribution is 2.20. The molecule has 0 spiro atoms. The second-order valence-electron chi connectivity index (χ2n) is 4.66. The van der Waals surface area contributed by atoms with Crippen LogP contribution in [0.5, 0.6) is 0 Å². The molecule has 19 heavy (non-hydrogen) atoms. The van der Waals surface area contributed by atoms with E-state index in [4.69, 9.17) is 11.6 Å². The number of hydrogen-bond acceptors (Lipinski definition) is 2. The lowest BCUT2D eigenvalue weighted by Crippen LogP contribution is -2.04. The van der Waals surface area contributed by atoms with Crippen molar-refractivity contribution >= 4 is 17.2 Å². The van der Waals surface area contributed by atoms with Gasteiger partial charge in [-0.1, -0.05) is 23.7 Å². The fourth-order valence-electron chi connectivity index (χ4n) is 1.92. The predicted molar refractivity (Wildman–Crippen MR) is 81.1 cm³/mol. The Labute approximate surface area is 119 Å². The van der Waals surface area contributed by atoms with Gasteiger partial charge in [-0.2, -0.15) is 0 Å². The fraction of sp³-hybridized carbons (Fsp3) is 0.188. The van der Waals surface area contributed by atoms with Crippen LogP contribution in [0.15, 0.2) is 55.0 Å². The number of nitrogens with zero attached hydrogens (tertiary/aromatic N) is 2. The zero-order chi connectivity index (χ0) is 13.7. The van der Waals surface area contributed by atoms with E-state index in [9.17, 15) is 0 Å². The van der Waals surface area contributed by atoms with Gasteiger partial charge in [-0.15, -0.1) is 0 Å². The van der Waals surface area contributed by atoms with Gasteiger partial charge in [0, 0.05) is 37.7 Å². The minimum atomic E-state index is 0.769. The standard InChI is InChI=1S/C16H17ClN2/c1-19(2)12-15(14-7-9-18-10-8-14)11-13-3-5-16(17)6-4-13/h3-10,12H,11H2,1-2H3. The highest BCUT2D eigenvalue weighted by Gasteiger charge is 2.04. The normalized spacial score (nSPS) is 11.4. The molecule has 2 aromatic rings. The van der Waals surface area contributed by atoms with Gasteiger partial charge in [0.1, 0.15) is 0 Å². The predicted octanol–water partition coefficient (Wildman–Crippen LogP) is 3.88. The molecular formula is C16H17ClN2. The van der Waals surface area contributed by atoms with Crippen molar-refractivity contribution in [3.8, 4) is 0 Å². The van der Waals surface area contributed by atoms with E-state index in [0.29, 0.717) is 0 Å². The molecule has 1 aromatic carbocycles. The number of hydrogen-bond donors (Lipinski definition) is 0. The van der Waals surface area contributed by atoms with E-state index in [2.05, 4.69) is 28.2 Å². The lowest BCUT2D eigenvalue weighted by Gasteiger charge is -2.12. The average molecular weight is 273 g/mol. The highest BCUT2D eigenvalue weighted by atomic mass is 35.5. The smallest absolute Gasteiger partial charge is 0.0406 e. The van der Waals surface area contributed by atoms with Gasteiger partial charge >= 0.3 is 0 Å². The van der Waals surface area contributed by atoms with E-state index in [-0.39, 0.29) is 0 Å². The second-order valence-corrected chi connectivity index (χ2v) is 5.09. The zero-order valence-corrected chi connectivity index (χ0v) is 11.9. The first-order valence-corrected chi connectivity index (χ1v) is 6.55. The van der Waals surface area contributed by atoms with E-state index in [0.717, 1.165) is 11.4 Å². The molecule has 1 heterocycles. The van der Waals surface area contributed by atoms with Crippen molar-refractivity contribution in [2.45, 2.75) is 6.42 Å². The van der Waals surface area contributed by atoms with Crippen LogP contribution in [0.3, 0.4) is 0 Å². The summed E-state index contributed by atoms with van der Waals surface area (Å²) in [5, 5.41) is 0.769. The maximum absolute atomic E-state index is 5.92. The minimum Gasteiger partial charge on any atom is -0.383 e. The summed E-state index contributed by atoms with van der Waals surface area (Å²) in [6.07, 6.45) is 6.66. The fourth-order valence-corrected chi connectivity index (χ4v) is 2.05. The van der Waals surface area contributed by atoms with Gasteiger partial charge in [0.25, 0.3) is 0 Å². The van der Waals surface area contributed by atoms with Gasteiger partial charge in [0.05, 0.1) is 0 Å². The Balaban J connectivity index is 2.27. The molecule has 0 unspecified atom stereocenters. The molecule has 0 saturated carbocycles. The first-order chi connectivity index (χ1) is 9.15. The molecule has 2 rings (SSSR count). The summed E-state index contributed by atoms with van der Waals surface area (Å²) >= 11 is 5.92. The van der Waals surface area contributed by atoms with Gasteiger partial charge in [-0.3, -0.25) is 4.98 Å². The molecule has 0 amide bonds. The van der Waals surface area contributed by atoms with Gasteiger partial charge < -0.3 is 4.90 Å². The molecule has 0 radical (unpaired) electrons. The van der Waals surface area contributed by atoms with Gasteiger partial charge in [-0.25, -0.2) is 0 Å².